The molecule has 3 N–H and O–H groups in total. The Labute approximate surface area is 117 Å². The van der Waals surface area contributed by atoms with Crippen LogP contribution in [0, 0.1) is 6.92 Å². The molecule has 2 aromatic carbocycles. The van der Waals surface area contributed by atoms with Crippen molar-refractivity contribution < 1.29 is 0 Å². The Balaban J connectivity index is 2.38. The highest BCUT2D eigenvalue weighted by molar-refractivity contribution is 9.11. The second-order valence-electron chi connectivity index (χ2n) is 3.77. The summed E-state index contributed by atoms with van der Waals surface area (Å²) >= 11 is 6.97. The lowest BCUT2D eigenvalue weighted by Gasteiger charge is -2.12. The van der Waals surface area contributed by atoms with Gasteiger partial charge in [-0.25, -0.2) is 0 Å². The van der Waals surface area contributed by atoms with Crippen molar-refractivity contribution in [3.05, 3.63) is 50.9 Å². The summed E-state index contributed by atoms with van der Waals surface area (Å²) in [5, 5.41) is 3.37. The molecule has 0 amide bonds. The average Bonchev–Trinajstić information content (AvgIpc) is 2.30. The van der Waals surface area contributed by atoms with E-state index in [1.165, 1.54) is 0 Å². The fourth-order valence-corrected chi connectivity index (χ4v) is 2.23. The van der Waals surface area contributed by atoms with Gasteiger partial charge in [-0.1, -0.05) is 22.0 Å². The van der Waals surface area contributed by atoms with E-state index in [4.69, 9.17) is 5.73 Å². The molecule has 2 aromatic rings. The number of rotatable bonds is 2. The van der Waals surface area contributed by atoms with Crippen LogP contribution in [0.4, 0.5) is 17.1 Å². The third-order valence-electron chi connectivity index (χ3n) is 2.57. The Morgan fingerprint density at radius 2 is 1.82 bits per heavy atom. The van der Waals surface area contributed by atoms with Crippen molar-refractivity contribution in [1.29, 1.82) is 0 Å². The van der Waals surface area contributed by atoms with Crippen molar-refractivity contribution in [2.75, 3.05) is 11.1 Å². The van der Waals surface area contributed by atoms with Gasteiger partial charge < -0.3 is 11.1 Å². The summed E-state index contributed by atoms with van der Waals surface area (Å²) < 4.78 is 2.05. The summed E-state index contributed by atoms with van der Waals surface area (Å²) in [6.07, 6.45) is 0. The largest absolute Gasteiger partial charge is 0.398 e. The molecule has 0 heterocycles. The van der Waals surface area contributed by atoms with Crippen LogP contribution in [0.15, 0.2) is 45.3 Å². The van der Waals surface area contributed by atoms with Crippen LogP contribution in [0.3, 0.4) is 0 Å². The van der Waals surface area contributed by atoms with Crippen molar-refractivity contribution >= 4 is 48.9 Å². The fraction of sp³-hybridized carbons (Fsp3) is 0.0769. The first kappa shape index (κ1) is 12.5. The van der Waals surface area contributed by atoms with E-state index in [0.29, 0.717) is 0 Å². The normalized spacial score (nSPS) is 10.3. The number of nitrogens with two attached hydrogens (primary N) is 1. The highest BCUT2D eigenvalue weighted by atomic mass is 79.9. The minimum absolute atomic E-state index is 0.793. The van der Waals surface area contributed by atoms with Crippen LogP contribution in [0.1, 0.15) is 5.56 Å². The van der Waals surface area contributed by atoms with E-state index < -0.39 is 0 Å². The highest BCUT2D eigenvalue weighted by Gasteiger charge is 2.04. The molecule has 0 unspecified atom stereocenters. The topological polar surface area (TPSA) is 38.0 Å². The van der Waals surface area contributed by atoms with Crippen molar-refractivity contribution in [2.24, 2.45) is 0 Å². The molecule has 0 fully saturated rings. The number of halogens is 2. The average molecular weight is 356 g/mol. The van der Waals surface area contributed by atoms with E-state index >= 15 is 0 Å². The lowest BCUT2D eigenvalue weighted by Crippen LogP contribution is -1.97. The summed E-state index contributed by atoms with van der Waals surface area (Å²) in [5.74, 6) is 0. The number of benzene rings is 2. The molecule has 0 saturated heterocycles. The zero-order valence-electron chi connectivity index (χ0n) is 9.30. The molecule has 0 bridgehead atoms. The fourth-order valence-electron chi connectivity index (χ4n) is 1.53. The van der Waals surface area contributed by atoms with E-state index in [-0.39, 0.29) is 0 Å². The number of nitrogen functional groups attached to an aromatic ring is 1. The van der Waals surface area contributed by atoms with Gasteiger partial charge in [0.15, 0.2) is 0 Å². The predicted molar refractivity (Wildman–Crippen MR) is 80.7 cm³/mol. The first-order valence-corrected chi connectivity index (χ1v) is 6.73. The van der Waals surface area contributed by atoms with Crippen LogP contribution < -0.4 is 11.1 Å². The molecule has 4 heteroatoms. The molecule has 88 valence electrons. The van der Waals surface area contributed by atoms with Gasteiger partial charge in [-0.15, -0.1) is 0 Å². The third-order valence-corrected chi connectivity index (χ3v) is 3.76. The van der Waals surface area contributed by atoms with Crippen LogP contribution in [0.5, 0.6) is 0 Å². The van der Waals surface area contributed by atoms with Crippen LogP contribution in [-0.4, -0.2) is 0 Å². The molecular weight excluding hydrogens is 344 g/mol. The van der Waals surface area contributed by atoms with E-state index in [2.05, 4.69) is 37.2 Å². The Morgan fingerprint density at radius 3 is 2.59 bits per heavy atom. The van der Waals surface area contributed by atoms with Gasteiger partial charge in [0.25, 0.3) is 0 Å². The highest BCUT2D eigenvalue weighted by Crippen LogP contribution is 2.31. The van der Waals surface area contributed by atoms with E-state index in [1.54, 1.807) is 0 Å². The van der Waals surface area contributed by atoms with Crippen molar-refractivity contribution in [1.82, 2.24) is 0 Å². The minimum atomic E-state index is 0.793. The SMILES string of the molecule is Cc1c(N)cccc1Nc1cc(Br)ccc1Br. The van der Waals surface area contributed by atoms with Crippen LogP contribution in [0.25, 0.3) is 0 Å². The molecule has 0 aromatic heterocycles. The maximum Gasteiger partial charge on any atom is 0.0540 e. The summed E-state index contributed by atoms with van der Waals surface area (Å²) in [4.78, 5) is 0. The molecule has 0 saturated carbocycles. The summed E-state index contributed by atoms with van der Waals surface area (Å²) in [5.41, 5.74) is 9.75. The standard InChI is InChI=1S/C13H12Br2N2/c1-8-11(16)3-2-4-12(8)17-13-7-9(14)5-6-10(13)15/h2-7,17H,16H2,1H3. The lowest BCUT2D eigenvalue weighted by atomic mass is 10.1. The smallest absolute Gasteiger partial charge is 0.0540 e. The van der Waals surface area contributed by atoms with Crippen molar-refractivity contribution in [3.63, 3.8) is 0 Å². The molecule has 17 heavy (non-hydrogen) atoms. The molecule has 0 aliphatic carbocycles. The molecule has 2 nitrogen and oxygen atoms in total. The second-order valence-corrected chi connectivity index (χ2v) is 5.54. The Kier molecular flexibility index (Phi) is 3.74. The Hall–Kier alpha value is -1.000. The number of anilines is 3. The first-order chi connectivity index (χ1) is 8.08. The first-order valence-electron chi connectivity index (χ1n) is 5.15. The maximum atomic E-state index is 5.88. The van der Waals surface area contributed by atoms with Crippen LogP contribution in [0.2, 0.25) is 0 Å². The molecule has 0 radical (unpaired) electrons. The maximum absolute atomic E-state index is 5.88. The molecule has 0 aliphatic heterocycles. The number of nitrogens with one attached hydrogen (secondary N) is 1. The second kappa shape index (κ2) is 5.10. The molecule has 0 spiro atoms. The Morgan fingerprint density at radius 1 is 1.06 bits per heavy atom. The quantitative estimate of drug-likeness (QED) is 0.756. The molecule has 2 rings (SSSR count). The molecule has 0 aliphatic rings. The predicted octanol–water partition coefficient (Wildman–Crippen LogP) is 4.85. The van der Waals surface area contributed by atoms with Crippen LogP contribution >= 0.6 is 31.9 Å². The number of hydrogen-bond donors (Lipinski definition) is 2. The summed E-state index contributed by atoms with van der Waals surface area (Å²) in [7, 11) is 0. The van der Waals surface area contributed by atoms with Gasteiger partial charge in [-0.05, 0) is 58.7 Å². The van der Waals surface area contributed by atoms with Crippen molar-refractivity contribution in [3.8, 4) is 0 Å². The summed E-state index contributed by atoms with van der Waals surface area (Å²) in [6, 6.07) is 11.9. The molecule has 0 atom stereocenters. The van der Waals surface area contributed by atoms with E-state index in [0.717, 1.165) is 31.6 Å². The zero-order chi connectivity index (χ0) is 12.4. The zero-order valence-corrected chi connectivity index (χ0v) is 12.5. The van der Waals surface area contributed by atoms with Gasteiger partial charge in [-0.3, -0.25) is 0 Å². The van der Waals surface area contributed by atoms with E-state index in [1.807, 2.05) is 43.3 Å². The van der Waals surface area contributed by atoms with Gasteiger partial charge in [0.2, 0.25) is 0 Å². The summed E-state index contributed by atoms with van der Waals surface area (Å²) in [6.45, 7) is 2.00. The van der Waals surface area contributed by atoms with Crippen molar-refractivity contribution in [2.45, 2.75) is 6.92 Å². The van der Waals surface area contributed by atoms with Gasteiger partial charge in [0.1, 0.15) is 0 Å². The Bertz CT molecular complexity index is 553. The minimum Gasteiger partial charge on any atom is -0.398 e. The van der Waals surface area contributed by atoms with E-state index in [9.17, 15) is 0 Å². The van der Waals surface area contributed by atoms with Gasteiger partial charge in [0.05, 0.1) is 5.69 Å². The third kappa shape index (κ3) is 2.82. The van der Waals surface area contributed by atoms with Gasteiger partial charge in [0, 0.05) is 20.3 Å². The lowest BCUT2D eigenvalue weighted by molar-refractivity contribution is 1.42. The molecular formula is C13H12Br2N2. The van der Waals surface area contributed by atoms with Gasteiger partial charge in [-0.2, -0.15) is 0 Å². The van der Waals surface area contributed by atoms with Crippen LogP contribution in [-0.2, 0) is 0 Å². The monoisotopic (exact) mass is 354 g/mol. The van der Waals surface area contributed by atoms with Gasteiger partial charge >= 0.3 is 0 Å². The number of hydrogen-bond acceptors (Lipinski definition) is 2.